The molecule has 0 radical (unpaired) electrons. The number of aryl methyl sites for hydroxylation is 1. The van der Waals surface area contributed by atoms with Gasteiger partial charge in [-0.1, -0.05) is 23.7 Å². The van der Waals surface area contributed by atoms with Gasteiger partial charge in [0.1, 0.15) is 5.00 Å². The van der Waals surface area contributed by atoms with Gasteiger partial charge < -0.3 is 14.5 Å². The third-order valence-corrected chi connectivity index (χ3v) is 5.98. The quantitative estimate of drug-likeness (QED) is 0.637. The summed E-state index contributed by atoms with van der Waals surface area (Å²) in [6.45, 7) is 5.10. The third kappa shape index (κ3) is 4.15. The van der Waals surface area contributed by atoms with Crippen LogP contribution in [0.3, 0.4) is 0 Å². The first-order valence-electron chi connectivity index (χ1n) is 9.14. The number of thiophene rings is 1. The summed E-state index contributed by atoms with van der Waals surface area (Å²) in [6.07, 6.45) is 1.50. The van der Waals surface area contributed by atoms with E-state index in [0.29, 0.717) is 24.0 Å². The molecular weight excluding hydrogens is 396 g/mol. The molecule has 5 nitrogen and oxygen atoms in total. The van der Waals surface area contributed by atoms with Crippen molar-refractivity contribution in [2.75, 3.05) is 31.6 Å². The second-order valence-corrected chi connectivity index (χ2v) is 8.37. The zero-order valence-corrected chi connectivity index (χ0v) is 17.1. The molecule has 4 rings (SSSR count). The first-order chi connectivity index (χ1) is 13.6. The van der Waals surface area contributed by atoms with E-state index in [4.69, 9.17) is 20.8 Å². The fraction of sp³-hybridized carbons (Fsp3) is 0.286. The topological polar surface area (TPSA) is 54.7 Å². The number of carbonyl (C=O) groups is 1. The number of carbonyl (C=O) groups excluding carboxylic acids is 1. The number of nitrogens with one attached hydrogen (secondary N) is 1. The van der Waals surface area contributed by atoms with E-state index in [2.05, 4.69) is 23.2 Å². The Bertz CT molecular complexity index is 931. The van der Waals surface area contributed by atoms with E-state index in [1.165, 1.54) is 6.26 Å². The largest absolute Gasteiger partial charge is 0.459 e. The van der Waals surface area contributed by atoms with Gasteiger partial charge in [0.05, 0.1) is 25.5 Å². The van der Waals surface area contributed by atoms with Gasteiger partial charge in [0.15, 0.2) is 5.76 Å². The third-order valence-electron chi connectivity index (χ3n) is 4.75. The monoisotopic (exact) mass is 416 g/mol. The number of anilines is 1. The molecule has 0 bridgehead atoms. The van der Waals surface area contributed by atoms with Crippen LogP contribution in [0.1, 0.15) is 32.6 Å². The van der Waals surface area contributed by atoms with E-state index in [0.717, 1.165) is 34.1 Å². The minimum Gasteiger partial charge on any atom is -0.459 e. The van der Waals surface area contributed by atoms with Crippen LogP contribution >= 0.6 is 22.9 Å². The Kier molecular flexibility index (Phi) is 5.82. The molecular formula is C21H21ClN2O3S. The van der Waals surface area contributed by atoms with Crippen LogP contribution in [0.2, 0.25) is 5.02 Å². The average molecular weight is 417 g/mol. The molecule has 1 N–H and O–H groups in total. The number of amides is 1. The van der Waals surface area contributed by atoms with Crippen molar-refractivity contribution in [3.05, 3.63) is 75.5 Å². The number of nitrogens with zero attached hydrogens (tertiary/aromatic N) is 1. The molecule has 2 aromatic heterocycles. The number of morpholine rings is 1. The lowest BCUT2D eigenvalue weighted by Gasteiger charge is -2.35. The van der Waals surface area contributed by atoms with E-state index in [-0.39, 0.29) is 11.9 Å². The van der Waals surface area contributed by atoms with Crippen LogP contribution in [-0.4, -0.2) is 37.1 Å². The Labute approximate surface area is 172 Å². The molecule has 1 atom stereocenters. The highest BCUT2D eigenvalue weighted by Gasteiger charge is 2.28. The molecule has 7 heteroatoms. The lowest BCUT2D eigenvalue weighted by atomic mass is 9.98. The zero-order chi connectivity index (χ0) is 19.5. The molecule has 1 aromatic carbocycles. The molecule has 0 saturated carbocycles. The number of ether oxygens (including phenoxy) is 1. The molecule has 28 heavy (non-hydrogen) atoms. The van der Waals surface area contributed by atoms with Crippen LogP contribution < -0.4 is 5.32 Å². The number of benzene rings is 1. The Morgan fingerprint density at radius 1 is 1.21 bits per heavy atom. The molecule has 1 aliphatic rings. The number of hydrogen-bond donors (Lipinski definition) is 1. The molecule has 1 amide bonds. The summed E-state index contributed by atoms with van der Waals surface area (Å²) in [5.74, 6) is 0.0522. The summed E-state index contributed by atoms with van der Waals surface area (Å²) in [7, 11) is 0. The number of furan rings is 1. The van der Waals surface area contributed by atoms with Crippen LogP contribution in [0.4, 0.5) is 5.00 Å². The molecule has 0 unspecified atom stereocenters. The lowest BCUT2D eigenvalue weighted by Crippen LogP contribution is -2.39. The fourth-order valence-corrected chi connectivity index (χ4v) is 4.54. The number of halogens is 1. The number of rotatable bonds is 5. The smallest absolute Gasteiger partial charge is 0.291 e. The summed E-state index contributed by atoms with van der Waals surface area (Å²) in [4.78, 5) is 16.1. The highest BCUT2D eigenvalue weighted by molar-refractivity contribution is 7.16. The van der Waals surface area contributed by atoms with Gasteiger partial charge in [0, 0.05) is 28.6 Å². The van der Waals surface area contributed by atoms with Crippen molar-refractivity contribution in [1.29, 1.82) is 0 Å². The molecule has 3 heterocycles. The van der Waals surface area contributed by atoms with Gasteiger partial charge in [-0.3, -0.25) is 9.69 Å². The van der Waals surface area contributed by atoms with E-state index < -0.39 is 0 Å². The van der Waals surface area contributed by atoms with Gasteiger partial charge in [-0.25, -0.2) is 0 Å². The summed E-state index contributed by atoms with van der Waals surface area (Å²) in [5.41, 5.74) is 2.21. The summed E-state index contributed by atoms with van der Waals surface area (Å²) < 4.78 is 10.8. The van der Waals surface area contributed by atoms with E-state index in [9.17, 15) is 4.79 Å². The van der Waals surface area contributed by atoms with Crippen molar-refractivity contribution >= 4 is 33.8 Å². The first kappa shape index (κ1) is 19.2. The summed E-state index contributed by atoms with van der Waals surface area (Å²) in [6, 6.07) is 13.4. The van der Waals surface area contributed by atoms with Crippen LogP contribution in [0.5, 0.6) is 0 Å². The van der Waals surface area contributed by atoms with Crippen molar-refractivity contribution in [3.63, 3.8) is 0 Å². The van der Waals surface area contributed by atoms with Crippen molar-refractivity contribution in [2.24, 2.45) is 0 Å². The van der Waals surface area contributed by atoms with Crippen molar-refractivity contribution < 1.29 is 13.9 Å². The SMILES string of the molecule is Cc1cc([C@@H](c2ccc(Cl)cc2)N2CCOCC2)c(NC(=O)c2ccco2)s1. The maximum Gasteiger partial charge on any atom is 0.291 e. The highest BCUT2D eigenvalue weighted by atomic mass is 35.5. The maximum atomic E-state index is 12.6. The van der Waals surface area contributed by atoms with Crippen molar-refractivity contribution in [3.8, 4) is 0 Å². The summed E-state index contributed by atoms with van der Waals surface area (Å²) in [5, 5.41) is 4.58. The van der Waals surface area contributed by atoms with Crippen LogP contribution in [-0.2, 0) is 4.74 Å². The van der Waals surface area contributed by atoms with E-state index in [1.807, 2.05) is 24.3 Å². The molecule has 146 valence electrons. The van der Waals surface area contributed by atoms with Gasteiger partial charge in [0.2, 0.25) is 0 Å². The Morgan fingerprint density at radius 2 is 1.96 bits per heavy atom. The standard InChI is InChI=1S/C21H21ClN2O3S/c1-14-13-17(21(28-14)23-20(25)18-3-2-10-27-18)19(24-8-11-26-12-9-24)15-4-6-16(22)7-5-15/h2-7,10,13,19H,8-9,11-12H2,1H3,(H,23,25)/t19-/m1/s1. The highest BCUT2D eigenvalue weighted by Crippen LogP contribution is 2.39. The fourth-order valence-electron chi connectivity index (χ4n) is 3.47. The molecule has 0 spiro atoms. The second-order valence-electron chi connectivity index (χ2n) is 6.68. The molecule has 3 aromatic rings. The predicted molar refractivity (Wildman–Crippen MR) is 111 cm³/mol. The van der Waals surface area contributed by atoms with E-state index in [1.54, 1.807) is 23.5 Å². The van der Waals surface area contributed by atoms with Crippen LogP contribution in [0, 0.1) is 6.92 Å². The van der Waals surface area contributed by atoms with E-state index >= 15 is 0 Å². The molecule has 0 aliphatic carbocycles. The second kappa shape index (κ2) is 8.49. The van der Waals surface area contributed by atoms with Crippen LogP contribution in [0.15, 0.2) is 53.1 Å². The molecule has 1 fully saturated rings. The van der Waals surface area contributed by atoms with Gasteiger partial charge in [0.25, 0.3) is 5.91 Å². The van der Waals surface area contributed by atoms with Gasteiger partial charge in [-0.05, 0) is 42.8 Å². The lowest BCUT2D eigenvalue weighted by molar-refractivity contribution is 0.0241. The van der Waals surface area contributed by atoms with Gasteiger partial charge >= 0.3 is 0 Å². The van der Waals surface area contributed by atoms with Crippen molar-refractivity contribution in [1.82, 2.24) is 4.90 Å². The van der Waals surface area contributed by atoms with Gasteiger partial charge in [-0.15, -0.1) is 11.3 Å². The van der Waals surface area contributed by atoms with Gasteiger partial charge in [-0.2, -0.15) is 0 Å². The molecule has 1 aliphatic heterocycles. The normalized spacial score (nSPS) is 16.1. The van der Waals surface area contributed by atoms with Crippen LogP contribution in [0.25, 0.3) is 0 Å². The summed E-state index contributed by atoms with van der Waals surface area (Å²) >= 11 is 7.68. The predicted octanol–water partition coefficient (Wildman–Crippen LogP) is 4.98. The minimum atomic E-state index is -0.245. The molecule has 1 saturated heterocycles. The van der Waals surface area contributed by atoms with Crippen molar-refractivity contribution in [2.45, 2.75) is 13.0 Å². The number of hydrogen-bond acceptors (Lipinski definition) is 5. The average Bonchev–Trinajstić information content (AvgIpc) is 3.35. The minimum absolute atomic E-state index is 0.0121. The Balaban J connectivity index is 1.71. The first-order valence-corrected chi connectivity index (χ1v) is 10.3. The Morgan fingerprint density at radius 3 is 2.64 bits per heavy atom. The Hall–Kier alpha value is -2.12. The zero-order valence-electron chi connectivity index (χ0n) is 15.5. The maximum absolute atomic E-state index is 12.6.